The maximum absolute atomic E-state index is 11.5. The monoisotopic (exact) mass is 308 g/mol. The lowest BCUT2D eigenvalue weighted by atomic mass is 9.90. The molecule has 2 aromatic rings. The van der Waals surface area contributed by atoms with E-state index in [2.05, 4.69) is 0 Å². The van der Waals surface area contributed by atoms with Crippen molar-refractivity contribution in [2.45, 2.75) is 19.3 Å². The summed E-state index contributed by atoms with van der Waals surface area (Å²) in [6.07, 6.45) is 0.431. The number of hydrogen-bond donors (Lipinski definition) is 1. The number of carboxylic acids is 1. The standard InChI is InChI=1S/C16H14Cl2O2/c1-10-8-14(18)7-4-12(10)9-15(16(19)20)11-2-5-13(17)6-3-11/h2-8,15H,9H2,1H3,(H,19,20)/t15-/m1/s1. The van der Waals surface area contributed by atoms with Crippen molar-refractivity contribution in [3.8, 4) is 0 Å². The summed E-state index contributed by atoms with van der Waals surface area (Å²) in [6, 6.07) is 12.4. The van der Waals surface area contributed by atoms with Crippen molar-refractivity contribution in [3.05, 3.63) is 69.2 Å². The smallest absolute Gasteiger partial charge is 0.311 e. The molecule has 0 amide bonds. The fraction of sp³-hybridized carbons (Fsp3) is 0.188. The molecular weight excluding hydrogens is 295 g/mol. The second kappa shape index (κ2) is 6.29. The van der Waals surface area contributed by atoms with E-state index in [9.17, 15) is 9.90 Å². The van der Waals surface area contributed by atoms with Crippen molar-refractivity contribution < 1.29 is 9.90 Å². The van der Waals surface area contributed by atoms with Gasteiger partial charge in [0.05, 0.1) is 5.92 Å². The zero-order valence-corrected chi connectivity index (χ0v) is 12.4. The number of aryl methyl sites for hydroxylation is 1. The quantitative estimate of drug-likeness (QED) is 0.888. The molecule has 0 aromatic heterocycles. The van der Waals surface area contributed by atoms with Gasteiger partial charge in [0.2, 0.25) is 0 Å². The highest BCUT2D eigenvalue weighted by atomic mass is 35.5. The second-order valence-electron chi connectivity index (χ2n) is 4.72. The molecule has 0 aliphatic carbocycles. The average molecular weight is 309 g/mol. The summed E-state index contributed by atoms with van der Waals surface area (Å²) in [5.74, 6) is -1.44. The van der Waals surface area contributed by atoms with E-state index in [1.807, 2.05) is 19.1 Å². The lowest BCUT2D eigenvalue weighted by molar-refractivity contribution is -0.138. The van der Waals surface area contributed by atoms with E-state index in [1.54, 1.807) is 30.3 Å². The number of carboxylic acid groups (broad SMARTS) is 1. The molecule has 0 spiro atoms. The summed E-state index contributed by atoms with van der Waals surface area (Å²) in [7, 11) is 0. The summed E-state index contributed by atoms with van der Waals surface area (Å²) in [5.41, 5.74) is 2.73. The van der Waals surface area contributed by atoms with E-state index >= 15 is 0 Å². The molecule has 0 heterocycles. The minimum atomic E-state index is -0.846. The maximum atomic E-state index is 11.5. The SMILES string of the molecule is Cc1cc(Cl)ccc1C[C@@H](C(=O)O)c1ccc(Cl)cc1. The Morgan fingerprint density at radius 1 is 1.10 bits per heavy atom. The van der Waals surface area contributed by atoms with Crippen LogP contribution in [-0.2, 0) is 11.2 Å². The van der Waals surface area contributed by atoms with Gasteiger partial charge in [-0.3, -0.25) is 4.79 Å². The Morgan fingerprint density at radius 2 is 1.70 bits per heavy atom. The molecule has 0 bridgehead atoms. The minimum absolute atomic E-state index is 0.431. The fourth-order valence-corrected chi connectivity index (χ4v) is 2.50. The topological polar surface area (TPSA) is 37.3 Å². The van der Waals surface area contributed by atoms with Crippen LogP contribution in [0.3, 0.4) is 0 Å². The lowest BCUT2D eigenvalue weighted by Gasteiger charge is -2.15. The third-order valence-corrected chi connectivity index (χ3v) is 3.79. The van der Waals surface area contributed by atoms with Crippen molar-refractivity contribution in [2.75, 3.05) is 0 Å². The molecule has 0 fully saturated rings. The van der Waals surface area contributed by atoms with Crippen LogP contribution in [0.4, 0.5) is 0 Å². The van der Waals surface area contributed by atoms with Gasteiger partial charge in [-0.1, -0.05) is 41.4 Å². The van der Waals surface area contributed by atoms with Crippen LogP contribution in [0, 0.1) is 6.92 Å². The molecule has 0 aliphatic heterocycles. The molecule has 1 atom stereocenters. The maximum Gasteiger partial charge on any atom is 0.311 e. The third kappa shape index (κ3) is 3.53. The predicted octanol–water partition coefficient (Wildman–Crippen LogP) is 4.71. The van der Waals surface area contributed by atoms with Crippen molar-refractivity contribution in [1.82, 2.24) is 0 Å². The molecular formula is C16H14Cl2O2. The van der Waals surface area contributed by atoms with Crippen LogP contribution in [0.2, 0.25) is 10.0 Å². The number of halogens is 2. The van der Waals surface area contributed by atoms with E-state index in [-0.39, 0.29) is 0 Å². The number of rotatable bonds is 4. The highest BCUT2D eigenvalue weighted by molar-refractivity contribution is 6.30. The number of hydrogen-bond acceptors (Lipinski definition) is 1. The Bertz CT molecular complexity index is 621. The first-order chi connectivity index (χ1) is 9.47. The van der Waals surface area contributed by atoms with Crippen molar-refractivity contribution in [2.24, 2.45) is 0 Å². The van der Waals surface area contributed by atoms with Gasteiger partial charge in [0.25, 0.3) is 0 Å². The predicted molar refractivity (Wildman–Crippen MR) is 81.7 cm³/mol. The molecule has 2 nitrogen and oxygen atoms in total. The van der Waals surface area contributed by atoms with E-state index in [1.165, 1.54) is 0 Å². The van der Waals surface area contributed by atoms with Gasteiger partial charge in [-0.2, -0.15) is 0 Å². The van der Waals surface area contributed by atoms with E-state index in [4.69, 9.17) is 23.2 Å². The Balaban J connectivity index is 2.30. The molecule has 0 radical (unpaired) electrons. The third-order valence-electron chi connectivity index (χ3n) is 3.30. The molecule has 4 heteroatoms. The molecule has 20 heavy (non-hydrogen) atoms. The summed E-state index contributed by atoms with van der Waals surface area (Å²) in [5, 5.41) is 10.7. The zero-order chi connectivity index (χ0) is 14.7. The number of aliphatic carboxylic acids is 1. The second-order valence-corrected chi connectivity index (χ2v) is 5.59. The van der Waals surface area contributed by atoms with Crippen molar-refractivity contribution >= 4 is 29.2 Å². The molecule has 104 valence electrons. The molecule has 0 unspecified atom stereocenters. The van der Waals surface area contributed by atoms with Gasteiger partial charge in [-0.15, -0.1) is 0 Å². The summed E-state index contributed by atoms with van der Waals surface area (Å²) in [6.45, 7) is 1.93. The largest absolute Gasteiger partial charge is 0.481 e. The van der Waals surface area contributed by atoms with Crippen LogP contribution in [0.1, 0.15) is 22.6 Å². The van der Waals surface area contributed by atoms with E-state index < -0.39 is 11.9 Å². The van der Waals surface area contributed by atoms with Gasteiger partial charge >= 0.3 is 5.97 Å². The molecule has 0 saturated heterocycles. The minimum Gasteiger partial charge on any atom is -0.481 e. The lowest BCUT2D eigenvalue weighted by Crippen LogP contribution is -2.15. The van der Waals surface area contributed by atoms with Crippen LogP contribution in [0.25, 0.3) is 0 Å². The molecule has 0 saturated carbocycles. The van der Waals surface area contributed by atoms with E-state index in [0.29, 0.717) is 16.5 Å². The van der Waals surface area contributed by atoms with Crippen LogP contribution < -0.4 is 0 Å². The number of carbonyl (C=O) groups is 1. The summed E-state index contributed by atoms with van der Waals surface area (Å²) < 4.78 is 0. The van der Waals surface area contributed by atoms with Gasteiger partial charge in [-0.25, -0.2) is 0 Å². The van der Waals surface area contributed by atoms with Crippen LogP contribution in [0.15, 0.2) is 42.5 Å². The zero-order valence-electron chi connectivity index (χ0n) is 10.9. The van der Waals surface area contributed by atoms with Crippen LogP contribution in [-0.4, -0.2) is 11.1 Å². The first-order valence-electron chi connectivity index (χ1n) is 6.20. The average Bonchev–Trinajstić information content (AvgIpc) is 2.39. The van der Waals surface area contributed by atoms with Crippen molar-refractivity contribution in [1.29, 1.82) is 0 Å². The highest BCUT2D eigenvalue weighted by Crippen LogP contribution is 2.25. The van der Waals surface area contributed by atoms with Crippen LogP contribution >= 0.6 is 23.2 Å². The van der Waals surface area contributed by atoms with Gasteiger partial charge in [0.15, 0.2) is 0 Å². The van der Waals surface area contributed by atoms with Crippen molar-refractivity contribution in [3.63, 3.8) is 0 Å². The normalized spacial score (nSPS) is 12.2. The number of benzene rings is 2. The van der Waals surface area contributed by atoms with Gasteiger partial charge < -0.3 is 5.11 Å². The van der Waals surface area contributed by atoms with Gasteiger partial charge in [0, 0.05) is 10.0 Å². The highest BCUT2D eigenvalue weighted by Gasteiger charge is 2.21. The summed E-state index contributed by atoms with van der Waals surface area (Å²) in [4.78, 5) is 11.5. The molecule has 0 aliphatic rings. The van der Waals surface area contributed by atoms with Gasteiger partial charge in [0.1, 0.15) is 0 Å². The van der Waals surface area contributed by atoms with E-state index in [0.717, 1.165) is 16.7 Å². The molecule has 2 rings (SSSR count). The Morgan fingerprint density at radius 3 is 2.25 bits per heavy atom. The van der Waals surface area contributed by atoms with Gasteiger partial charge in [-0.05, 0) is 54.3 Å². The molecule has 2 aromatic carbocycles. The fourth-order valence-electron chi connectivity index (χ4n) is 2.15. The van der Waals surface area contributed by atoms with Crippen LogP contribution in [0.5, 0.6) is 0 Å². The first kappa shape index (κ1) is 14.9. The summed E-state index contributed by atoms with van der Waals surface area (Å²) >= 11 is 11.8. The Hall–Kier alpha value is -1.51. The molecule has 1 N–H and O–H groups in total. The first-order valence-corrected chi connectivity index (χ1v) is 6.96. The Labute approximate surface area is 128 Å². The Kier molecular flexibility index (Phi) is 4.69.